The van der Waals surface area contributed by atoms with Gasteiger partial charge in [-0.2, -0.15) is 34.8 Å². The molecule has 0 spiro atoms. The van der Waals surface area contributed by atoms with Gasteiger partial charge in [0, 0.05) is 37.4 Å². The molecule has 204 valence electrons. The summed E-state index contributed by atoms with van der Waals surface area (Å²) < 4.78 is 112. The molecule has 1 aliphatic rings. The smallest absolute Gasteiger partial charge is 0.399 e. The lowest BCUT2D eigenvalue weighted by atomic mass is 9.95. The first-order chi connectivity index (χ1) is 17.1. The Labute approximate surface area is 209 Å². The van der Waals surface area contributed by atoms with Crippen molar-refractivity contribution in [2.75, 3.05) is 23.7 Å². The van der Waals surface area contributed by atoms with E-state index in [0.29, 0.717) is 5.69 Å². The van der Waals surface area contributed by atoms with E-state index in [-0.39, 0.29) is 49.3 Å². The van der Waals surface area contributed by atoms with Crippen molar-refractivity contribution in [3.8, 4) is 0 Å². The van der Waals surface area contributed by atoms with Gasteiger partial charge in [0.15, 0.2) is 0 Å². The van der Waals surface area contributed by atoms with Gasteiger partial charge in [-0.15, -0.1) is 0 Å². The van der Waals surface area contributed by atoms with E-state index in [2.05, 4.69) is 5.32 Å². The van der Waals surface area contributed by atoms with Gasteiger partial charge in [0.05, 0.1) is 11.5 Å². The number of rotatable bonds is 7. The van der Waals surface area contributed by atoms with Crippen molar-refractivity contribution < 1.29 is 44.1 Å². The largest absolute Gasteiger partial charge is 0.416 e. The first-order valence-electron chi connectivity index (χ1n) is 11.2. The number of hydrogen-bond acceptors (Lipinski definition) is 5. The fraction of sp³-hybridized carbons (Fsp3) is 0.435. The van der Waals surface area contributed by atoms with Gasteiger partial charge in [-0.1, -0.05) is 18.2 Å². The molecule has 1 fully saturated rings. The molecule has 0 aromatic heterocycles. The summed E-state index contributed by atoms with van der Waals surface area (Å²) in [5, 5.41) is 0.817. The number of halogens is 6. The van der Waals surface area contributed by atoms with Crippen LogP contribution in [0, 0.1) is 5.92 Å². The molecule has 1 aliphatic heterocycles. The summed E-state index contributed by atoms with van der Waals surface area (Å²) in [5.74, 6) is -2.37. The Morgan fingerprint density at radius 2 is 1.65 bits per heavy atom. The summed E-state index contributed by atoms with van der Waals surface area (Å²) in [5.41, 5.74) is 5.25. The first-order valence-corrected chi connectivity index (χ1v) is 12.7. The highest BCUT2D eigenvalue weighted by atomic mass is 32.2. The van der Waals surface area contributed by atoms with Crippen molar-refractivity contribution in [2.24, 2.45) is 5.92 Å². The van der Waals surface area contributed by atoms with Crippen LogP contribution in [0.3, 0.4) is 0 Å². The van der Waals surface area contributed by atoms with Gasteiger partial charge in [-0.25, -0.2) is 0 Å². The van der Waals surface area contributed by atoms with Crippen molar-refractivity contribution in [3.63, 3.8) is 0 Å². The molecule has 0 radical (unpaired) electrons. The Balaban J connectivity index is 1.78. The maximum atomic E-state index is 13.3. The van der Waals surface area contributed by atoms with E-state index >= 15 is 0 Å². The van der Waals surface area contributed by atoms with Crippen LogP contribution in [0.1, 0.15) is 41.2 Å². The predicted octanol–water partition coefficient (Wildman–Crippen LogP) is 4.70. The fourth-order valence-electron chi connectivity index (χ4n) is 4.17. The Hall–Kier alpha value is -3.00. The predicted molar refractivity (Wildman–Crippen MR) is 124 cm³/mol. The SMILES string of the molecule is Nc1ccc(C(CC(=O)NCc2ccc(C(F)(F)F)cc2N2CCC(C(F)(F)F)CC2)S(=O)(=O)O)cc1. The summed E-state index contributed by atoms with van der Waals surface area (Å²) in [6.45, 7) is -0.575. The van der Waals surface area contributed by atoms with Crippen molar-refractivity contribution in [2.45, 2.75) is 43.4 Å². The highest BCUT2D eigenvalue weighted by Crippen LogP contribution is 2.38. The van der Waals surface area contributed by atoms with Gasteiger partial charge in [-0.05, 0) is 48.2 Å². The minimum Gasteiger partial charge on any atom is -0.399 e. The van der Waals surface area contributed by atoms with Crippen molar-refractivity contribution >= 4 is 27.4 Å². The molecule has 1 unspecified atom stereocenters. The van der Waals surface area contributed by atoms with Gasteiger partial charge in [-0.3, -0.25) is 9.35 Å². The molecule has 2 aromatic carbocycles. The van der Waals surface area contributed by atoms with Gasteiger partial charge in [0.2, 0.25) is 5.91 Å². The molecule has 37 heavy (non-hydrogen) atoms. The van der Waals surface area contributed by atoms with Gasteiger partial charge in [0.25, 0.3) is 10.1 Å². The molecule has 1 atom stereocenters. The molecule has 3 rings (SSSR count). The molecule has 0 aliphatic carbocycles. The van der Waals surface area contributed by atoms with Crippen LogP contribution in [-0.4, -0.2) is 38.1 Å². The van der Waals surface area contributed by atoms with Crippen LogP contribution >= 0.6 is 0 Å². The van der Waals surface area contributed by atoms with E-state index in [1.807, 2.05) is 0 Å². The number of alkyl halides is 6. The van der Waals surface area contributed by atoms with Crippen LogP contribution in [0.2, 0.25) is 0 Å². The van der Waals surface area contributed by atoms with E-state index in [4.69, 9.17) is 5.73 Å². The molecule has 1 heterocycles. The summed E-state index contributed by atoms with van der Waals surface area (Å²) >= 11 is 0. The van der Waals surface area contributed by atoms with Crippen molar-refractivity contribution in [3.05, 3.63) is 59.2 Å². The number of hydrogen-bond donors (Lipinski definition) is 3. The number of nitrogen functional groups attached to an aromatic ring is 1. The second-order valence-electron chi connectivity index (χ2n) is 8.80. The average Bonchev–Trinajstić information content (AvgIpc) is 2.80. The molecule has 2 aromatic rings. The minimum atomic E-state index is -4.70. The maximum absolute atomic E-state index is 13.3. The number of nitrogens with two attached hydrogens (primary N) is 1. The molecule has 1 amide bonds. The molecular formula is C23H25F6N3O4S. The van der Waals surface area contributed by atoms with E-state index in [9.17, 15) is 44.1 Å². The number of nitrogens with zero attached hydrogens (tertiary/aromatic N) is 1. The molecule has 14 heteroatoms. The second-order valence-corrected chi connectivity index (χ2v) is 10.4. The second kappa shape index (κ2) is 10.8. The maximum Gasteiger partial charge on any atom is 0.416 e. The van der Waals surface area contributed by atoms with E-state index in [1.54, 1.807) is 0 Å². The van der Waals surface area contributed by atoms with Gasteiger partial charge < -0.3 is 16.0 Å². The van der Waals surface area contributed by atoms with Gasteiger partial charge in [0.1, 0.15) is 5.25 Å². The zero-order valence-corrected chi connectivity index (χ0v) is 20.1. The summed E-state index contributed by atoms with van der Waals surface area (Å²) in [6.07, 6.45) is -10.4. The van der Waals surface area contributed by atoms with Crippen molar-refractivity contribution in [1.29, 1.82) is 0 Å². The number of nitrogens with one attached hydrogen (secondary N) is 1. The van der Waals surface area contributed by atoms with Gasteiger partial charge >= 0.3 is 12.4 Å². The normalized spacial score (nSPS) is 16.5. The Bertz CT molecular complexity index is 1210. The van der Waals surface area contributed by atoms with E-state index < -0.39 is 51.5 Å². The third kappa shape index (κ3) is 7.51. The minimum absolute atomic E-state index is 0.0283. The molecule has 0 bridgehead atoms. The lowest BCUT2D eigenvalue weighted by Gasteiger charge is -2.35. The highest BCUT2D eigenvalue weighted by molar-refractivity contribution is 7.86. The van der Waals surface area contributed by atoms with Crippen LogP contribution in [-0.2, 0) is 27.6 Å². The number of anilines is 2. The molecule has 7 nitrogen and oxygen atoms in total. The molecular weight excluding hydrogens is 528 g/mol. The number of benzene rings is 2. The summed E-state index contributed by atoms with van der Waals surface area (Å²) in [7, 11) is -4.70. The Kier molecular flexibility index (Phi) is 8.32. The Morgan fingerprint density at radius 1 is 1.05 bits per heavy atom. The lowest BCUT2D eigenvalue weighted by molar-refractivity contribution is -0.179. The monoisotopic (exact) mass is 553 g/mol. The van der Waals surface area contributed by atoms with Crippen LogP contribution in [0.25, 0.3) is 0 Å². The topological polar surface area (TPSA) is 113 Å². The van der Waals surface area contributed by atoms with Crippen LogP contribution in [0.15, 0.2) is 42.5 Å². The zero-order chi connectivity index (χ0) is 27.6. The number of carbonyl (C=O) groups excluding carboxylic acids is 1. The van der Waals surface area contributed by atoms with Crippen LogP contribution in [0.4, 0.5) is 37.7 Å². The zero-order valence-electron chi connectivity index (χ0n) is 19.3. The molecule has 0 saturated carbocycles. The summed E-state index contributed by atoms with van der Waals surface area (Å²) in [6, 6.07) is 8.19. The van der Waals surface area contributed by atoms with E-state index in [0.717, 1.165) is 18.2 Å². The van der Waals surface area contributed by atoms with Crippen molar-refractivity contribution in [1.82, 2.24) is 5.32 Å². The fourth-order valence-corrected chi connectivity index (χ4v) is 5.03. The summed E-state index contributed by atoms with van der Waals surface area (Å²) in [4.78, 5) is 14.0. The highest BCUT2D eigenvalue weighted by Gasteiger charge is 2.41. The number of piperidine rings is 1. The lowest BCUT2D eigenvalue weighted by Crippen LogP contribution is -2.39. The third-order valence-electron chi connectivity index (χ3n) is 6.23. The average molecular weight is 554 g/mol. The van der Waals surface area contributed by atoms with Crippen LogP contribution in [0.5, 0.6) is 0 Å². The standard InChI is InChI=1S/C23H25F6N3O4S/c24-22(25,26)16-7-9-32(10-8-16)19-11-17(23(27,28)29)4-1-15(19)13-31-21(33)12-20(37(34,35)36)14-2-5-18(30)6-3-14/h1-6,11,16,20H,7-10,12-13,30H2,(H,31,33)(H,34,35,36). The first kappa shape index (κ1) is 28.6. The molecule has 1 saturated heterocycles. The third-order valence-corrected chi connectivity index (χ3v) is 7.38. The van der Waals surface area contributed by atoms with E-state index in [1.165, 1.54) is 29.2 Å². The molecule has 4 N–H and O–H groups in total. The number of carbonyl (C=O) groups is 1. The van der Waals surface area contributed by atoms with Crippen LogP contribution < -0.4 is 16.0 Å². The quantitative estimate of drug-likeness (QED) is 0.260. The Morgan fingerprint density at radius 3 is 2.16 bits per heavy atom. The number of amides is 1.